The Morgan fingerprint density at radius 1 is 1.36 bits per heavy atom. The number of nitrogens with one attached hydrogen (secondary N) is 2. The molecule has 22 heavy (non-hydrogen) atoms. The Bertz CT molecular complexity index is 651. The van der Waals surface area contributed by atoms with Crippen LogP contribution in [0.1, 0.15) is 25.1 Å². The van der Waals surface area contributed by atoms with Crippen molar-refractivity contribution in [2.24, 2.45) is 5.92 Å². The normalized spacial score (nSPS) is 10.8. The number of anilines is 1. The molecule has 0 radical (unpaired) electrons. The van der Waals surface area contributed by atoms with Crippen LogP contribution in [0.3, 0.4) is 0 Å². The van der Waals surface area contributed by atoms with Crippen LogP contribution >= 0.6 is 23.8 Å². The SMILES string of the molecule is Cc1cc(NC(=S)NCC(C)C)nn1Cc1cccc(Cl)c1. The molecule has 0 spiro atoms. The van der Waals surface area contributed by atoms with E-state index >= 15 is 0 Å². The zero-order valence-corrected chi connectivity index (χ0v) is 14.6. The highest BCUT2D eigenvalue weighted by molar-refractivity contribution is 7.80. The van der Waals surface area contributed by atoms with E-state index in [1.165, 1.54) is 0 Å². The Morgan fingerprint density at radius 2 is 2.14 bits per heavy atom. The largest absolute Gasteiger partial charge is 0.362 e. The summed E-state index contributed by atoms with van der Waals surface area (Å²) in [5.74, 6) is 1.29. The highest BCUT2D eigenvalue weighted by atomic mass is 35.5. The van der Waals surface area contributed by atoms with Gasteiger partial charge in [0.2, 0.25) is 0 Å². The first-order valence-electron chi connectivity index (χ1n) is 7.28. The van der Waals surface area contributed by atoms with E-state index in [1.807, 2.05) is 41.9 Å². The van der Waals surface area contributed by atoms with Crippen LogP contribution < -0.4 is 10.6 Å². The number of hydrogen-bond acceptors (Lipinski definition) is 2. The summed E-state index contributed by atoms with van der Waals surface area (Å²) in [6.07, 6.45) is 0. The van der Waals surface area contributed by atoms with Crippen LogP contribution in [0.15, 0.2) is 30.3 Å². The molecule has 2 aromatic rings. The monoisotopic (exact) mass is 336 g/mol. The lowest BCUT2D eigenvalue weighted by Gasteiger charge is -2.10. The summed E-state index contributed by atoms with van der Waals surface area (Å²) in [6.45, 7) is 7.82. The average Bonchev–Trinajstić information content (AvgIpc) is 2.76. The van der Waals surface area contributed by atoms with E-state index in [4.69, 9.17) is 23.8 Å². The van der Waals surface area contributed by atoms with Gasteiger partial charge >= 0.3 is 0 Å². The third-order valence-corrected chi connectivity index (χ3v) is 3.60. The van der Waals surface area contributed by atoms with Crippen molar-refractivity contribution in [1.82, 2.24) is 15.1 Å². The van der Waals surface area contributed by atoms with Crippen molar-refractivity contribution < 1.29 is 0 Å². The molecule has 0 unspecified atom stereocenters. The standard InChI is InChI=1S/C16H21ClN4S/c1-11(2)9-18-16(22)19-15-7-12(3)21(20-15)10-13-5-4-6-14(17)8-13/h4-8,11H,9-10H2,1-3H3,(H2,18,19,20,22). The first kappa shape index (κ1) is 16.8. The van der Waals surface area contributed by atoms with Crippen molar-refractivity contribution in [3.8, 4) is 0 Å². The molecule has 0 amide bonds. The number of benzene rings is 1. The Labute approximate surface area is 141 Å². The van der Waals surface area contributed by atoms with Gasteiger partial charge in [0, 0.05) is 23.3 Å². The van der Waals surface area contributed by atoms with Crippen molar-refractivity contribution in [2.75, 3.05) is 11.9 Å². The van der Waals surface area contributed by atoms with Gasteiger partial charge in [-0.1, -0.05) is 37.6 Å². The summed E-state index contributed by atoms with van der Waals surface area (Å²) in [6, 6.07) is 9.78. The molecule has 118 valence electrons. The van der Waals surface area contributed by atoms with Crippen molar-refractivity contribution in [2.45, 2.75) is 27.3 Å². The molecule has 6 heteroatoms. The number of rotatable bonds is 5. The molecule has 0 fully saturated rings. The van der Waals surface area contributed by atoms with E-state index in [0.717, 1.165) is 28.6 Å². The minimum atomic E-state index is 0.543. The van der Waals surface area contributed by atoms with Gasteiger partial charge in [-0.15, -0.1) is 0 Å². The first-order valence-corrected chi connectivity index (χ1v) is 8.06. The molecule has 1 aromatic carbocycles. The van der Waals surface area contributed by atoms with Crippen molar-refractivity contribution in [3.63, 3.8) is 0 Å². The van der Waals surface area contributed by atoms with Gasteiger partial charge in [0.15, 0.2) is 10.9 Å². The number of hydrogen-bond donors (Lipinski definition) is 2. The molecule has 1 aromatic heterocycles. The van der Waals surface area contributed by atoms with Gasteiger partial charge in [-0.25, -0.2) is 0 Å². The van der Waals surface area contributed by atoms with Gasteiger partial charge in [-0.2, -0.15) is 5.10 Å². The smallest absolute Gasteiger partial charge is 0.171 e. The zero-order valence-electron chi connectivity index (χ0n) is 13.1. The quantitative estimate of drug-likeness (QED) is 0.814. The molecule has 0 aliphatic heterocycles. The first-order chi connectivity index (χ1) is 10.4. The molecule has 0 saturated heterocycles. The van der Waals surface area contributed by atoms with E-state index in [-0.39, 0.29) is 0 Å². The average molecular weight is 337 g/mol. The van der Waals surface area contributed by atoms with Crippen LogP contribution in [-0.2, 0) is 6.54 Å². The zero-order chi connectivity index (χ0) is 16.1. The number of thiocarbonyl (C=S) groups is 1. The van der Waals surface area contributed by atoms with Gasteiger partial charge in [-0.05, 0) is 42.8 Å². The van der Waals surface area contributed by atoms with Gasteiger partial charge in [0.1, 0.15) is 0 Å². The summed E-state index contributed by atoms with van der Waals surface area (Å²) < 4.78 is 1.93. The van der Waals surface area contributed by atoms with E-state index in [2.05, 4.69) is 29.6 Å². The minimum Gasteiger partial charge on any atom is -0.362 e. The second-order valence-corrected chi connectivity index (χ2v) is 6.53. The maximum Gasteiger partial charge on any atom is 0.171 e. The minimum absolute atomic E-state index is 0.543. The van der Waals surface area contributed by atoms with Crippen LogP contribution in [0, 0.1) is 12.8 Å². The van der Waals surface area contributed by atoms with Crippen molar-refractivity contribution in [3.05, 3.63) is 46.6 Å². The van der Waals surface area contributed by atoms with Crippen LogP contribution in [0.2, 0.25) is 5.02 Å². The molecular formula is C16H21ClN4S. The summed E-state index contributed by atoms with van der Waals surface area (Å²) in [5.41, 5.74) is 2.18. The van der Waals surface area contributed by atoms with E-state index in [9.17, 15) is 0 Å². The Balaban J connectivity index is 2.00. The third kappa shape index (κ3) is 5.00. The highest BCUT2D eigenvalue weighted by Crippen LogP contribution is 2.14. The molecular weight excluding hydrogens is 316 g/mol. The van der Waals surface area contributed by atoms with Crippen LogP contribution in [0.4, 0.5) is 5.82 Å². The molecule has 0 bridgehead atoms. The fourth-order valence-electron chi connectivity index (χ4n) is 2.00. The topological polar surface area (TPSA) is 41.9 Å². The van der Waals surface area contributed by atoms with Gasteiger partial charge in [-0.3, -0.25) is 4.68 Å². The Kier molecular flexibility index (Phi) is 5.80. The predicted octanol–water partition coefficient (Wildman–Crippen LogP) is 3.84. The second-order valence-electron chi connectivity index (χ2n) is 5.69. The van der Waals surface area contributed by atoms with Crippen LogP contribution in [-0.4, -0.2) is 21.4 Å². The highest BCUT2D eigenvalue weighted by Gasteiger charge is 2.07. The fraction of sp³-hybridized carbons (Fsp3) is 0.375. The summed E-state index contributed by atoms with van der Waals surface area (Å²) >= 11 is 11.3. The third-order valence-electron chi connectivity index (χ3n) is 3.12. The molecule has 0 aliphatic rings. The fourth-order valence-corrected chi connectivity index (χ4v) is 2.40. The van der Waals surface area contributed by atoms with Gasteiger partial charge in [0.25, 0.3) is 0 Å². The molecule has 0 aliphatic carbocycles. The Hall–Kier alpha value is -1.59. The number of nitrogens with zero attached hydrogens (tertiary/aromatic N) is 2. The van der Waals surface area contributed by atoms with Crippen LogP contribution in [0.5, 0.6) is 0 Å². The number of aryl methyl sites for hydroxylation is 1. The predicted molar refractivity (Wildman–Crippen MR) is 96.6 cm³/mol. The summed E-state index contributed by atoms with van der Waals surface area (Å²) in [7, 11) is 0. The lowest BCUT2D eigenvalue weighted by Crippen LogP contribution is -2.31. The summed E-state index contributed by atoms with van der Waals surface area (Å²) in [5, 5.41) is 12.2. The van der Waals surface area contributed by atoms with E-state index in [0.29, 0.717) is 17.6 Å². The number of aromatic nitrogens is 2. The molecule has 1 heterocycles. The van der Waals surface area contributed by atoms with Gasteiger partial charge < -0.3 is 10.6 Å². The van der Waals surface area contributed by atoms with Crippen molar-refractivity contribution >= 4 is 34.7 Å². The van der Waals surface area contributed by atoms with Gasteiger partial charge in [0.05, 0.1) is 6.54 Å². The molecule has 4 nitrogen and oxygen atoms in total. The Morgan fingerprint density at radius 3 is 2.82 bits per heavy atom. The number of halogens is 1. The molecule has 2 N–H and O–H groups in total. The maximum atomic E-state index is 6.02. The molecule has 0 atom stereocenters. The summed E-state index contributed by atoms with van der Waals surface area (Å²) in [4.78, 5) is 0. The maximum absolute atomic E-state index is 6.02. The van der Waals surface area contributed by atoms with E-state index < -0.39 is 0 Å². The second kappa shape index (κ2) is 7.61. The van der Waals surface area contributed by atoms with E-state index in [1.54, 1.807) is 0 Å². The lowest BCUT2D eigenvalue weighted by molar-refractivity contribution is 0.627. The molecule has 2 rings (SSSR count). The molecule has 0 saturated carbocycles. The lowest BCUT2D eigenvalue weighted by atomic mass is 10.2. The van der Waals surface area contributed by atoms with Crippen molar-refractivity contribution in [1.29, 1.82) is 0 Å². The van der Waals surface area contributed by atoms with Crippen LogP contribution in [0.25, 0.3) is 0 Å².